The summed E-state index contributed by atoms with van der Waals surface area (Å²) < 4.78 is 1.90. The van der Waals surface area contributed by atoms with Gasteiger partial charge in [-0.25, -0.2) is 9.67 Å². The van der Waals surface area contributed by atoms with Crippen molar-refractivity contribution >= 4 is 16.9 Å². The van der Waals surface area contributed by atoms with Crippen LogP contribution in [0.2, 0.25) is 0 Å². The van der Waals surface area contributed by atoms with Gasteiger partial charge < -0.3 is 9.80 Å². The SMILES string of the molecule is Cc1nc2c(cnn2C(C)C)cc1C(=O)N1C[C@@H](N(C)C)[C@@H](C)C1. The van der Waals surface area contributed by atoms with E-state index in [0.717, 1.165) is 29.8 Å². The van der Waals surface area contributed by atoms with Crippen LogP contribution in [-0.2, 0) is 0 Å². The number of likely N-dealkylation sites (tertiary alicyclic amines) is 1. The summed E-state index contributed by atoms with van der Waals surface area (Å²) in [6.07, 6.45) is 1.80. The zero-order chi connectivity index (χ0) is 17.6. The molecule has 2 aromatic heterocycles. The van der Waals surface area contributed by atoms with E-state index in [0.29, 0.717) is 17.5 Å². The first kappa shape index (κ1) is 16.9. The number of rotatable bonds is 3. The second-order valence-electron chi connectivity index (χ2n) is 7.44. The molecule has 0 N–H and O–H groups in total. The molecule has 6 nitrogen and oxygen atoms in total. The van der Waals surface area contributed by atoms with Crippen LogP contribution in [0.4, 0.5) is 0 Å². The normalized spacial score (nSPS) is 21.4. The largest absolute Gasteiger partial charge is 0.337 e. The highest BCUT2D eigenvalue weighted by atomic mass is 16.2. The van der Waals surface area contributed by atoms with Crippen molar-refractivity contribution in [3.05, 3.63) is 23.5 Å². The average molecular weight is 329 g/mol. The molecule has 6 heteroatoms. The molecule has 2 aromatic rings. The van der Waals surface area contributed by atoms with Crippen LogP contribution in [0.15, 0.2) is 12.3 Å². The predicted octanol–water partition coefficient (Wildman–Crippen LogP) is 2.34. The number of carbonyl (C=O) groups is 1. The van der Waals surface area contributed by atoms with Crippen LogP contribution in [-0.4, -0.2) is 63.7 Å². The van der Waals surface area contributed by atoms with Gasteiger partial charge in [0.1, 0.15) is 0 Å². The molecular weight excluding hydrogens is 302 g/mol. The Bertz CT molecular complexity index is 764. The Kier molecular flexibility index (Phi) is 4.34. The molecule has 2 atom stereocenters. The number of fused-ring (bicyclic) bond motifs is 1. The van der Waals surface area contributed by atoms with E-state index in [1.807, 2.05) is 22.6 Å². The van der Waals surface area contributed by atoms with Crippen LogP contribution < -0.4 is 0 Å². The Morgan fingerprint density at radius 2 is 2.04 bits per heavy atom. The molecular formula is C18H27N5O. The number of pyridine rings is 1. The van der Waals surface area contributed by atoms with Crippen molar-refractivity contribution < 1.29 is 4.79 Å². The van der Waals surface area contributed by atoms with E-state index >= 15 is 0 Å². The Morgan fingerprint density at radius 3 is 2.62 bits per heavy atom. The van der Waals surface area contributed by atoms with Gasteiger partial charge in [0.05, 0.1) is 17.5 Å². The fourth-order valence-electron chi connectivity index (χ4n) is 3.62. The molecule has 0 saturated carbocycles. The van der Waals surface area contributed by atoms with Crippen molar-refractivity contribution in [3.63, 3.8) is 0 Å². The number of hydrogen-bond donors (Lipinski definition) is 0. The molecule has 0 radical (unpaired) electrons. The molecule has 0 aliphatic carbocycles. The lowest BCUT2D eigenvalue weighted by Crippen LogP contribution is -2.36. The standard InChI is InChI=1S/C18H27N5O/c1-11(2)23-17-14(8-19-23)7-15(13(4)20-17)18(24)22-9-12(3)16(10-22)21(5)6/h7-8,11-12,16H,9-10H2,1-6H3/t12-,16+/m0/s1. The molecule has 24 heavy (non-hydrogen) atoms. The maximum Gasteiger partial charge on any atom is 0.255 e. The van der Waals surface area contributed by atoms with Crippen molar-refractivity contribution in [2.75, 3.05) is 27.2 Å². The van der Waals surface area contributed by atoms with E-state index < -0.39 is 0 Å². The molecule has 3 rings (SSSR count). The first-order chi connectivity index (χ1) is 11.3. The Hall–Kier alpha value is -1.95. The van der Waals surface area contributed by atoms with Crippen molar-refractivity contribution in [3.8, 4) is 0 Å². The third-order valence-corrected chi connectivity index (χ3v) is 5.00. The summed E-state index contributed by atoms with van der Waals surface area (Å²) >= 11 is 0. The molecule has 1 aliphatic rings. The number of carbonyl (C=O) groups excluding carboxylic acids is 1. The van der Waals surface area contributed by atoms with Gasteiger partial charge in [0.25, 0.3) is 5.91 Å². The minimum atomic E-state index is 0.0791. The Labute approximate surface area is 143 Å². The first-order valence-corrected chi connectivity index (χ1v) is 8.60. The third-order valence-electron chi connectivity index (χ3n) is 5.00. The van der Waals surface area contributed by atoms with Gasteiger partial charge in [0.15, 0.2) is 5.65 Å². The van der Waals surface area contributed by atoms with Crippen LogP contribution in [0.5, 0.6) is 0 Å². The highest BCUT2D eigenvalue weighted by molar-refractivity contribution is 5.98. The predicted molar refractivity (Wildman–Crippen MR) is 95.2 cm³/mol. The number of aryl methyl sites for hydroxylation is 1. The zero-order valence-electron chi connectivity index (χ0n) is 15.4. The van der Waals surface area contributed by atoms with E-state index in [4.69, 9.17) is 0 Å². The molecule has 1 amide bonds. The Balaban J connectivity index is 1.92. The fourth-order valence-corrected chi connectivity index (χ4v) is 3.62. The molecule has 1 aliphatic heterocycles. The van der Waals surface area contributed by atoms with Gasteiger partial charge >= 0.3 is 0 Å². The topological polar surface area (TPSA) is 54.3 Å². The van der Waals surface area contributed by atoms with Gasteiger partial charge in [-0.2, -0.15) is 5.10 Å². The summed E-state index contributed by atoms with van der Waals surface area (Å²) in [5.74, 6) is 0.556. The number of amides is 1. The van der Waals surface area contributed by atoms with Crippen molar-refractivity contribution in [2.24, 2.45) is 5.92 Å². The third kappa shape index (κ3) is 2.79. The quantitative estimate of drug-likeness (QED) is 0.867. The van der Waals surface area contributed by atoms with Gasteiger partial charge in [-0.05, 0) is 46.9 Å². The van der Waals surface area contributed by atoms with E-state index in [9.17, 15) is 4.79 Å². The van der Waals surface area contributed by atoms with Crippen LogP contribution in [0.3, 0.4) is 0 Å². The monoisotopic (exact) mass is 329 g/mol. The summed E-state index contributed by atoms with van der Waals surface area (Å²) in [5.41, 5.74) is 2.31. The fraction of sp³-hybridized carbons (Fsp3) is 0.611. The van der Waals surface area contributed by atoms with Gasteiger partial charge in [0.2, 0.25) is 0 Å². The zero-order valence-corrected chi connectivity index (χ0v) is 15.4. The lowest BCUT2D eigenvalue weighted by Gasteiger charge is -2.22. The molecule has 0 spiro atoms. The number of likely N-dealkylation sites (N-methyl/N-ethyl adjacent to an activating group) is 1. The highest BCUT2D eigenvalue weighted by Gasteiger charge is 2.34. The number of aromatic nitrogens is 3. The van der Waals surface area contributed by atoms with Crippen molar-refractivity contribution in [1.82, 2.24) is 24.6 Å². The lowest BCUT2D eigenvalue weighted by molar-refractivity contribution is 0.0780. The highest BCUT2D eigenvalue weighted by Crippen LogP contribution is 2.25. The summed E-state index contributed by atoms with van der Waals surface area (Å²) in [4.78, 5) is 21.8. The van der Waals surface area contributed by atoms with E-state index in [1.165, 1.54) is 0 Å². The number of nitrogens with zero attached hydrogens (tertiary/aromatic N) is 5. The smallest absolute Gasteiger partial charge is 0.255 e. The van der Waals surface area contributed by atoms with E-state index in [1.54, 1.807) is 6.20 Å². The van der Waals surface area contributed by atoms with Gasteiger partial charge in [0, 0.05) is 30.6 Å². The maximum atomic E-state index is 13.0. The first-order valence-electron chi connectivity index (χ1n) is 8.60. The van der Waals surface area contributed by atoms with Gasteiger partial charge in [-0.15, -0.1) is 0 Å². The van der Waals surface area contributed by atoms with Crippen LogP contribution in [0.25, 0.3) is 11.0 Å². The van der Waals surface area contributed by atoms with Gasteiger partial charge in [-0.3, -0.25) is 4.79 Å². The lowest BCUT2D eigenvalue weighted by atomic mass is 10.1. The van der Waals surface area contributed by atoms with Gasteiger partial charge in [-0.1, -0.05) is 6.92 Å². The second-order valence-corrected chi connectivity index (χ2v) is 7.44. The average Bonchev–Trinajstić information content (AvgIpc) is 3.08. The van der Waals surface area contributed by atoms with Crippen molar-refractivity contribution in [2.45, 2.75) is 39.8 Å². The maximum absolute atomic E-state index is 13.0. The molecule has 1 saturated heterocycles. The second kappa shape index (κ2) is 6.16. The van der Waals surface area contributed by atoms with E-state index in [2.05, 4.69) is 49.8 Å². The van der Waals surface area contributed by atoms with Crippen LogP contribution in [0, 0.1) is 12.8 Å². The van der Waals surface area contributed by atoms with E-state index in [-0.39, 0.29) is 11.9 Å². The number of hydrogen-bond acceptors (Lipinski definition) is 4. The molecule has 0 aromatic carbocycles. The summed E-state index contributed by atoms with van der Waals surface area (Å²) in [6, 6.07) is 2.60. The van der Waals surface area contributed by atoms with Crippen LogP contribution >= 0.6 is 0 Å². The molecule has 1 fully saturated rings. The summed E-state index contributed by atoms with van der Waals surface area (Å²) in [7, 11) is 4.16. The molecule has 0 unspecified atom stereocenters. The van der Waals surface area contributed by atoms with Crippen molar-refractivity contribution in [1.29, 1.82) is 0 Å². The Morgan fingerprint density at radius 1 is 1.33 bits per heavy atom. The minimum absolute atomic E-state index is 0.0791. The molecule has 3 heterocycles. The van der Waals surface area contributed by atoms with Crippen LogP contribution in [0.1, 0.15) is 42.9 Å². The molecule has 0 bridgehead atoms. The molecule has 130 valence electrons. The minimum Gasteiger partial charge on any atom is -0.337 e. The summed E-state index contributed by atoms with van der Waals surface area (Å²) in [6.45, 7) is 9.84. The summed E-state index contributed by atoms with van der Waals surface area (Å²) in [5, 5.41) is 5.33.